The second kappa shape index (κ2) is 6.81. The first-order chi connectivity index (χ1) is 9.15. The van der Waals surface area contributed by atoms with E-state index in [2.05, 4.69) is 49.0 Å². The van der Waals surface area contributed by atoms with Crippen LogP contribution in [0.25, 0.3) is 0 Å². The predicted molar refractivity (Wildman–Crippen MR) is 88.4 cm³/mol. The molecule has 2 aromatic rings. The van der Waals surface area contributed by atoms with Crippen LogP contribution in [0.2, 0.25) is 0 Å². The lowest BCUT2D eigenvalue weighted by Gasteiger charge is -2.00. The summed E-state index contributed by atoms with van der Waals surface area (Å²) in [4.78, 5) is 11.8. The fourth-order valence-corrected chi connectivity index (χ4v) is 2.41. The third kappa shape index (κ3) is 4.43. The molecule has 0 radical (unpaired) electrons. The average molecular weight is 429 g/mol. The van der Waals surface area contributed by atoms with E-state index in [1.54, 1.807) is 12.3 Å². The highest BCUT2D eigenvalue weighted by molar-refractivity contribution is 14.1. The molecule has 0 fully saturated rings. The smallest absolute Gasteiger partial charge is 0.267 e. The Hall–Kier alpha value is -1.21. The second-order valence-electron chi connectivity index (χ2n) is 3.76. The summed E-state index contributed by atoms with van der Waals surface area (Å²) >= 11 is 5.54. The van der Waals surface area contributed by atoms with Gasteiger partial charge in [-0.2, -0.15) is 5.10 Å². The predicted octanol–water partition coefficient (Wildman–Crippen LogP) is 3.82. The zero-order valence-electron chi connectivity index (χ0n) is 9.81. The Bertz CT molecular complexity index is 628. The number of rotatable bonds is 3. The van der Waals surface area contributed by atoms with Gasteiger partial charge in [-0.25, -0.2) is 5.43 Å². The first kappa shape index (κ1) is 14.2. The van der Waals surface area contributed by atoms with E-state index in [-0.39, 0.29) is 5.91 Å². The molecule has 1 amide bonds. The van der Waals surface area contributed by atoms with Crippen molar-refractivity contribution in [2.24, 2.45) is 5.10 Å². The lowest BCUT2D eigenvalue weighted by Crippen LogP contribution is -2.17. The van der Waals surface area contributed by atoms with Crippen molar-refractivity contribution >= 4 is 50.6 Å². The highest BCUT2D eigenvalue weighted by Crippen LogP contribution is 2.10. The normalized spacial score (nSPS) is 10.6. The Kier molecular flexibility index (Phi) is 5.09. The van der Waals surface area contributed by atoms with Gasteiger partial charge in [0, 0.05) is 13.6 Å². The molecule has 0 saturated heterocycles. The standard InChI is InChI=1S/C14H10BrIN2O/c15-12-5-1-3-10(7-12)9-17-18-14(19)11-4-2-6-13(16)8-11/h1-9H,(H,18,19)/b17-9-. The van der Waals surface area contributed by atoms with Gasteiger partial charge in [0.25, 0.3) is 5.91 Å². The van der Waals surface area contributed by atoms with Gasteiger partial charge in [-0.3, -0.25) is 4.79 Å². The molecule has 3 nitrogen and oxygen atoms in total. The summed E-state index contributed by atoms with van der Waals surface area (Å²) in [5.74, 6) is -0.218. The molecule has 0 aliphatic carbocycles. The van der Waals surface area contributed by atoms with E-state index in [4.69, 9.17) is 0 Å². The molecule has 0 saturated carbocycles. The summed E-state index contributed by atoms with van der Waals surface area (Å²) in [5, 5.41) is 3.94. The Morgan fingerprint density at radius 2 is 2.00 bits per heavy atom. The number of hydrazone groups is 1. The van der Waals surface area contributed by atoms with Crippen molar-refractivity contribution in [3.63, 3.8) is 0 Å². The number of nitrogens with zero attached hydrogens (tertiary/aromatic N) is 1. The Morgan fingerprint density at radius 1 is 1.21 bits per heavy atom. The average Bonchev–Trinajstić information content (AvgIpc) is 2.38. The molecule has 1 N–H and O–H groups in total. The van der Waals surface area contributed by atoms with Crippen LogP contribution in [0.15, 0.2) is 58.1 Å². The van der Waals surface area contributed by atoms with E-state index in [1.807, 2.05) is 42.5 Å². The van der Waals surface area contributed by atoms with Crippen LogP contribution in [-0.2, 0) is 0 Å². The highest BCUT2D eigenvalue weighted by Gasteiger charge is 2.03. The fraction of sp³-hybridized carbons (Fsp3) is 0. The number of benzene rings is 2. The molecule has 0 bridgehead atoms. The van der Waals surface area contributed by atoms with Crippen LogP contribution in [0.4, 0.5) is 0 Å². The van der Waals surface area contributed by atoms with Crippen molar-refractivity contribution in [3.8, 4) is 0 Å². The minimum absolute atomic E-state index is 0.218. The van der Waals surface area contributed by atoms with E-state index in [0.29, 0.717) is 5.56 Å². The summed E-state index contributed by atoms with van der Waals surface area (Å²) in [5.41, 5.74) is 4.02. The van der Waals surface area contributed by atoms with Gasteiger partial charge >= 0.3 is 0 Å². The number of carbonyl (C=O) groups is 1. The molecule has 5 heteroatoms. The maximum Gasteiger partial charge on any atom is 0.271 e. The molecule has 96 valence electrons. The van der Waals surface area contributed by atoms with Crippen LogP contribution in [0, 0.1) is 3.57 Å². The molecule has 2 rings (SSSR count). The molecule has 0 heterocycles. The molecule has 0 aromatic heterocycles. The first-order valence-electron chi connectivity index (χ1n) is 5.50. The quantitative estimate of drug-likeness (QED) is 0.450. The Morgan fingerprint density at radius 3 is 2.74 bits per heavy atom. The van der Waals surface area contributed by atoms with Crippen LogP contribution in [0.5, 0.6) is 0 Å². The lowest BCUT2D eigenvalue weighted by molar-refractivity contribution is 0.0955. The van der Waals surface area contributed by atoms with Gasteiger partial charge in [-0.05, 0) is 58.5 Å². The maximum absolute atomic E-state index is 11.8. The number of nitrogens with one attached hydrogen (secondary N) is 1. The summed E-state index contributed by atoms with van der Waals surface area (Å²) < 4.78 is 1.99. The maximum atomic E-state index is 11.8. The number of amides is 1. The largest absolute Gasteiger partial charge is 0.271 e. The first-order valence-corrected chi connectivity index (χ1v) is 7.37. The van der Waals surface area contributed by atoms with Crippen LogP contribution in [-0.4, -0.2) is 12.1 Å². The molecule has 19 heavy (non-hydrogen) atoms. The third-order valence-corrected chi connectivity index (χ3v) is 3.48. The molecule has 2 aromatic carbocycles. The zero-order chi connectivity index (χ0) is 13.7. The van der Waals surface area contributed by atoms with E-state index in [1.165, 1.54) is 0 Å². The van der Waals surface area contributed by atoms with Crippen molar-refractivity contribution in [2.75, 3.05) is 0 Å². The van der Waals surface area contributed by atoms with Gasteiger partial charge in [0.1, 0.15) is 0 Å². The van der Waals surface area contributed by atoms with E-state index < -0.39 is 0 Å². The minimum Gasteiger partial charge on any atom is -0.267 e. The Balaban J connectivity index is 2.01. The molecule has 0 aliphatic heterocycles. The lowest BCUT2D eigenvalue weighted by atomic mass is 10.2. The molecule has 0 aliphatic rings. The number of halogens is 2. The van der Waals surface area contributed by atoms with Gasteiger partial charge in [0.05, 0.1) is 6.21 Å². The fourth-order valence-electron chi connectivity index (χ4n) is 1.45. The van der Waals surface area contributed by atoms with E-state index in [0.717, 1.165) is 13.6 Å². The third-order valence-electron chi connectivity index (χ3n) is 2.32. The molecule has 0 spiro atoms. The van der Waals surface area contributed by atoms with Gasteiger partial charge < -0.3 is 0 Å². The van der Waals surface area contributed by atoms with Crippen molar-refractivity contribution in [1.82, 2.24) is 5.43 Å². The van der Waals surface area contributed by atoms with Crippen molar-refractivity contribution in [3.05, 3.63) is 67.7 Å². The van der Waals surface area contributed by atoms with Crippen molar-refractivity contribution < 1.29 is 4.79 Å². The van der Waals surface area contributed by atoms with Crippen molar-refractivity contribution in [2.45, 2.75) is 0 Å². The van der Waals surface area contributed by atoms with E-state index in [9.17, 15) is 4.79 Å². The SMILES string of the molecule is O=C(N/N=C\c1cccc(Br)c1)c1cccc(I)c1. The summed E-state index contributed by atoms with van der Waals surface area (Å²) in [6.45, 7) is 0. The minimum atomic E-state index is -0.218. The van der Waals surface area contributed by atoms with Gasteiger partial charge in [-0.15, -0.1) is 0 Å². The molecule has 0 atom stereocenters. The van der Waals surface area contributed by atoms with Crippen molar-refractivity contribution in [1.29, 1.82) is 0 Å². The molecule has 0 unspecified atom stereocenters. The number of carbonyl (C=O) groups excluding carboxylic acids is 1. The van der Waals surface area contributed by atoms with Gasteiger partial charge in [-0.1, -0.05) is 34.1 Å². The number of hydrogen-bond donors (Lipinski definition) is 1. The monoisotopic (exact) mass is 428 g/mol. The Labute approximate surface area is 133 Å². The summed E-state index contributed by atoms with van der Waals surface area (Å²) in [6.07, 6.45) is 1.61. The second-order valence-corrected chi connectivity index (χ2v) is 5.93. The topological polar surface area (TPSA) is 41.5 Å². The molecular formula is C14H10BrIN2O. The summed E-state index contributed by atoms with van der Waals surface area (Å²) in [6, 6.07) is 15.0. The zero-order valence-corrected chi connectivity index (χ0v) is 13.6. The van der Waals surface area contributed by atoms with Crippen LogP contribution in [0.3, 0.4) is 0 Å². The van der Waals surface area contributed by atoms with Gasteiger partial charge in [0.15, 0.2) is 0 Å². The van der Waals surface area contributed by atoms with Gasteiger partial charge in [0.2, 0.25) is 0 Å². The number of hydrogen-bond acceptors (Lipinski definition) is 2. The van der Waals surface area contributed by atoms with Crippen LogP contribution < -0.4 is 5.43 Å². The van der Waals surface area contributed by atoms with Crippen LogP contribution in [0.1, 0.15) is 15.9 Å². The molecular weight excluding hydrogens is 419 g/mol. The van der Waals surface area contributed by atoms with Crippen LogP contribution >= 0.6 is 38.5 Å². The van der Waals surface area contributed by atoms with E-state index >= 15 is 0 Å². The summed E-state index contributed by atoms with van der Waals surface area (Å²) in [7, 11) is 0. The highest BCUT2D eigenvalue weighted by atomic mass is 127.